The summed E-state index contributed by atoms with van der Waals surface area (Å²) in [4.78, 5) is 4.08. The van der Waals surface area contributed by atoms with Crippen LogP contribution in [-0.4, -0.2) is 17.3 Å². The predicted molar refractivity (Wildman–Crippen MR) is 91.2 cm³/mol. The van der Waals surface area contributed by atoms with Crippen LogP contribution < -0.4 is 11.2 Å². The Morgan fingerprint density at radius 2 is 2.27 bits per heavy atom. The zero-order chi connectivity index (χ0) is 15.2. The SMILES string of the molecule is Nc1csc(NN=Cc2cccc(COC3CCCC3)c2)n1. The third-order valence-electron chi connectivity index (χ3n) is 3.63. The fourth-order valence-corrected chi connectivity index (χ4v) is 3.08. The number of ether oxygens (including phenoxy) is 1. The van der Waals surface area contributed by atoms with Crippen LogP contribution >= 0.6 is 11.3 Å². The van der Waals surface area contributed by atoms with Crippen LogP contribution in [0.4, 0.5) is 10.9 Å². The first-order valence-corrected chi connectivity index (χ1v) is 8.38. The van der Waals surface area contributed by atoms with E-state index in [1.54, 1.807) is 11.6 Å². The maximum atomic E-state index is 5.94. The van der Waals surface area contributed by atoms with Gasteiger partial charge in [-0.1, -0.05) is 31.0 Å². The molecule has 0 amide bonds. The fourth-order valence-electron chi connectivity index (χ4n) is 2.53. The molecule has 1 aliphatic carbocycles. The van der Waals surface area contributed by atoms with Crippen LogP contribution in [0, 0.1) is 0 Å². The van der Waals surface area contributed by atoms with Crippen molar-refractivity contribution in [1.29, 1.82) is 0 Å². The third kappa shape index (κ3) is 4.29. The zero-order valence-electron chi connectivity index (χ0n) is 12.4. The van der Waals surface area contributed by atoms with E-state index < -0.39 is 0 Å². The molecule has 0 saturated heterocycles. The molecule has 0 spiro atoms. The number of hydrogen-bond donors (Lipinski definition) is 2. The Balaban J connectivity index is 1.53. The summed E-state index contributed by atoms with van der Waals surface area (Å²) in [6, 6.07) is 8.22. The van der Waals surface area contributed by atoms with Gasteiger partial charge < -0.3 is 10.5 Å². The number of anilines is 2. The minimum Gasteiger partial charge on any atom is -0.383 e. The lowest BCUT2D eigenvalue weighted by molar-refractivity contribution is 0.0457. The van der Waals surface area contributed by atoms with E-state index >= 15 is 0 Å². The number of nitrogen functional groups attached to an aromatic ring is 1. The Kier molecular flexibility index (Phi) is 5.03. The molecular formula is C16H20N4OS. The molecule has 22 heavy (non-hydrogen) atoms. The molecule has 3 rings (SSSR count). The highest BCUT2D eigenvalue weighted by atomic mass is 32.1. The van der Waals surface area contributed by atoms with E-state index in [0.29, 0.717) is 23.7 Å². The Hall–Kier alpha value is -1.92. The number of aromatic nitrogens is 1. The molecule has 1 aromatic carbocycles. The molecule has 0 radical (unpaired) electrons. The fraction of sp³-hybridized carbons (Fsp3) is 0.375. The highest BCUT2D eigenvalue weighted by Crippen LogP contribution is 2.22. The first-order valence-electron chi connectivity index (χ1n) is 7.50. The van der Waals surface area contributed by atoms with Gasteiger partial charge in [0.25, 0.3) is 0 Å². The van der Waals surface area contributed by atoms with Gasteiger partial charge in [0.1, 0.15) is 5.82 Å². The maximum absolute atomic E-state index is 5.94. The average molecular weight is 316 g/mol. The van der Waals surface area contributed by atoms with Crippen molar-refractivity contribution in [1.82, 2.24) is 4.98 Å². The molecule has 1 aliphatic rings. The monoisotopic (exact) mass is 316 g/mol. The van der Waals surface area contributed by atoms with Gasteiger partial charge >= 0.3 is 0 Å². The first kappa shape index (κ1) is 15.0. The quantitative estimate of drug-likeness (QED) is 0.630. The van der Waals surface area contributed by atoms with Crippen molar-refractivity contribution >= 4 is 28.5 Å². The summed E-state index contributed by atoms with van der Waals surface area (Å²) in [6.45, 7) is 0.669. The highest BCUT2D eigenvalue weighted by molar-refractivity contribution is 7.14. The van der Waals surface area contributed by atoms with Gasteiger partial charge in [0, 0.05) is 5.38 Å². The Morgan fingerprint density at radius 3 is 3.05 bits per heavy atom. The molecule has 0 bridgehead atoms. The topological polar surface area (TPSA) is 72.5 Å². The highest BCUT2D eigenvalue weighted by Gasteiger charge is 2.14. The van der Waals surface area contributed by atoms with Crippen molar-refractivity contribution < 1.29 is 4.74 Å². The van der Waals surface area contributed by atoms with Crippen molar-refractivity contribution in [3.05, 3.63) is 40.8 Å². The van der Waals surface area contributed by atoms with E-state index in [2.05, 4.69) is 27.6 Å². The van der Waals surface area contributed by atoms with Gasteiger partial charge in [-0.05, 0) is 30.0 Å². The molecule has 5 nitrogen and oxygen atoms in total. The van der Waals surface area contributed by atoms with Crippen LogP contribution in [0.1, 0.15) is 36.8 Å². The molecule has 1 fully saturated rings. The lowest BCUT2D eigenvalue weighted by Gasteiger charge is -2.11. The normalized spacial score (nSPS) is 15.6. The van der Waals surface area contributed by atoms with Gasteiger partial charge in [-0.15, -0.1) is 11.3 Å². The number of benzene rings is 1. The molecule has 0 aliphatic heterocycles. The molecule has 1 saturated carbocycles. The Labute approximate surface area is 134 Å². The second-order valence-corrected chi connectivity index (χ2v) is 6.27. The number of nitrogens with one attached hydrogen (secondary N) is 1. The van der Waals surface area contributed by atoms with E-state index in [1.165, 1.54) is 42.6 Å². The number of hydrazone groups is 1. The molecular weight excluding hydrogens is 296 g/mol. The van der Waals surface area contributed by atoms with Gasteiger partial charge in [0.2, 0.25) is 5.13 Å². The van der Waals surface area contributed by atoms with Gasteiger partial charge in [0.05, 0.1) is 18.9 Å². The summed E-state index contributed by atoms with van der Waals surface area (Å²) in [6.07, 6.45) is 7.20. The molecule has 116 valence electrons. The minimum atomic E-state index is 0.439. The number of rotatable bonds is 6. The lowest BCUT2D eigenvalue weighted by atomic mass is 10.1. The van der Waals surface area contributed by atoms with E-state index in [1.807, 2.05) is 12.1 Å². The smallest absolute Gasteiger partial charge is 0.205 e. The predicted octanol–water partition coefficient (Wildman–Crippen LogP) is 3.63. The van der Waals surface area contributed by atoms with Gasteiger partial charge in [0.15, 0.2) is 0 Å². The van der Waals surface area contributed by atoms with Crippen LogP contribution in [0.25, 0.3) is 0 Å². The van der Waals surface area contributed by atoms with Gasteiger partial charge in [-0.3, -0.25) is 5.43 Å². The lowest BCUT2D eigenvalue weighted by Crippen LogP contribution is -2.07. The van der Waals surface area contributed by atoms with Crippen molar-refractivity contribution in [2.24, 2.45) is 5.10 Å². The van der Waals surface area contributed by atoms with E-state index in [0.717, 1.165) is 5.56 Å². The molecule has 1 heterocycles. The van der Waals surface area contributed by atoms with Crippen LogP contribution in [0.3, 0.4) is 0 Å². The maximum Gasteiger partial charge on any atom is 0.205 e. The second kappa shape index (κ2) is 7.38. The van der Waals surface area contributed by atoms with E-state index in [9.17, 15) is 0 Å². The van der Waals surface area contributed by atoms with Crippen LogP contribution in [0.5, 0.6) is 0 Å². The molecule has 2 aromatic rings. The summed E-state index contributed by atoms with van der Waals surface area (Å²) in [5.74, 6) is 0.508. The van der Waals surface area contributed by atoms with Gasteiger partial charge in [-0.25, -0.2) is 4.98 Å². The third-order valence-corrected chi connectivity index (χ3v) is 4.40. The number of hydrogen-bond acceptors (Lipinski definition) is 6. The number of nitrogens with zero attached hydrogens (tertiary/aromatic N) is 2. The molecule has 0 atom stereocenters. The zero-order valence-corrected chi connectivity index (χ0v) is 13.2. The summed E-state index contributed by atoms with van der Waals surface area (Å²) in [5.41, 5.74) is 10.6. The standard InChI is InChI=1S/C16H20N4OS/c17-15-11-22-16(19-15)20-18-9-12-4-3-5-13(8-12)10-21-14-6-1-2-7-14/h3-5,8-9,11,14H,1-2,6-7,10,17H2,(H,19,20). The van der Waals surface area contributed by atoms with Crippen LogP contribution in [0.2, 0.25) is 0 Å². The molecule has 1 aromatic heterocycles. The summed E-state index contributed by atoms with van der Waals surface area (Å²) < 4.78 is 5.94. The number of nitrogens with two attached hydrogens (primary N) is 1. The Morgan fingerprint density at radius 1 is 1.41 bits per heavy atom. The van der Waals surface area contributed by atoms with Crippen molar-refractivity contribution in [3.8, 4) is 0 Å². The largest absolute Gasteiger partial charge is 0.383 e. The molecule has 3 N–H and O–H groups in total. The van der Waals surface area contributed by atoms with E-state index in [-0.39, 0.29) is 0 Å². The summed E-state index contributed by atoms with van der Waals surface area (Å²) in [7, 11) is 0. The minimum absolute atomic E-state index is 0.439. The summed E-state index contributed by atoms with van der Waals surface area (Å²) >= 11 is 1.43. The van der Waals surface area contributed by atoms with Crippen molar-refractivity contribution in [3.63, 3.8) is 0 Å². The van der Waals surface area contributed by atoms with Crippen molar-refractivity contribution in [2.75, 3.05) is 11.2 Å². The average Bonchev–Trinajstić information content (AvgIpc) is 3.17. The Bertz CT molecular complexity index is 635. The molecule has 0 unspecified atom stereocenters. The van der Waals surface area contributed by atoms with E-state index in [4.69, 9.17) is 10.5 Å². The molecule has 6 heteroatoms. The van der Waals surface area contributed by atoms with Crippen LogP contribution in [0.15, 0.2) is 34.7 Å². The van der Waals surface area contributed by atoms with Gasteiger partial charge in [-0.2, -0.15) is 5.10 Å². The summed E-state index contributed by atoms with van der Waals surface area (Å²) in [5, 5.41) is 6.65. The first-order chi connectivity index (χ1) is 10.8. The van der Waals surface area contributed by atoms with Crippen molar-refractivity contribution in [2.45, 2.75) is 38.4 Å². The van der Waals surface area contributed by atoms with Crippen LogP contribution in [-0.2, 0) is 11.3 Å². The second-order valence-electron chi connectivity index (χ2n) is 5.41. The number of thiazole rings is 1.